The van der Waals surface area contributed by atoms with E-state index < -0.39 is 0 Å². The summed E-state index contributed by atoms with van der Waals surface area (Å²) in [6.07, 6.45) is 9.07. The Bertz CT molecular complexity index is 1690. The normalized spacial score (nSPS) is 24.2. The van der Waals surface area contributed by atoms with Gasteiger partial charge in [-0.3, -0.25) is 9.69 Å². The second-order valence-electron chi connectivity index (χ2n) is 12.8. The van der Waals surface area contributed by atoms with Crippen LogP contribution >= 0.6 is 0 Å². The van der Waals surface area contributed by atoms with Crippen LogP contribution in [0.5, 0.6) is 23.0 Å². The number of carbonyl (C=O) groups excluding carboxylic acids is 1. The summed E-state index contributed by atoms with van der Waals surface area (Å²) in [7, 11) is 1.59. The van der Waals surface area contributed by atoms with Crippen molar-refractivity contribution in [2.24, 2.45) is 0 Å². The molecule has 46 heavy (non-hydrogen) atoms. The zero-order chi connectivity index (χ0) is 32.5. The van der Waals surface area contributed by atoms with Crippen molar-refractivity contribution in [2.45, 2.75) is 70.8 Å². The van der Waals surface area contributed by atoms with Crippen LogP contribution in [0.15, 0.2) is 46.6 Å². The molecule has 9 rings (SSSR count). The fraction of sp³-hybridized carbons (Fsp3) is 0.486. The van der Waals surface area contributed by atoms with Gasteiger partial charge in [-0.15, -0.1) is 0 Å². The Morgan fingerprint density at radius 3 is 2.37 bits per heavy atom. The van der Waals surface area contributed by atoms with Crippen LogP contribution in [0.2, 0.25) is 0 Å². The number of furan rings is 1. The highest BCUT2D eigenvalue weighted by molar-refractivity contribution is 6.04. The van der Waals surface area contributed by atoms with Gasteiger partial charge in [0.2, 0.25) is 19.4 Å². The van der Waals surface area contributed by atoms with E-state index in [1.54, 1.807) is 7.11 Å². The van der Waals surface area contributed by atoms with Crippen LogP contribution in [-0.4, -0.2) is 63.1 Å². The molecule has 9 nitrogen and oxygen atoms in total. The van der Waals surface area contributed by atoms with Gasteiger partial charge in [0.15, 0.2) is 28.8 Å². The maximum absolute atomic E-state index is 13.0. The van der Waals surface area contributed by atoms with Gasteiger partial charge >= 0.3 is 0 Å². The second kappa shape index (κ2) is 12.3. The topological polar surface area (TPSA) is 91.6 Å². The number of aryl methyl sites for hydroxylation is 2. The molecule has 0 radical (unpaired) electrons. The summed E-state index contributed by atoms with van der Waals surface area (Å²) in [6.45, 7) is 6.73. The summed E-state index contributed by atoms with van der Waals surface area (Å²) in [5.74, 6) is 5.85. The molecule has 1 spiro atoms. The van der Waals surface area contributed by atoms with Gasteiger partial charge in [-0.2, -0.15) is 0 Å². The van der Waals surface area contributed by atoms with Crippen molar-refractivity contribution in [1.29, 1.82) is 0 Å². The molecule has 1 aromatic heterocycles. The highest BCUT2D eigenvalue weighted by Gasteiger charge is 2.56. The van der Waals surface area contributed by atoms with Crippen molar-refractivity contribution in [1.82, 2.24) is 10.2 Å². The molecule has 5 aliphatic heterocycles. The predicted molar refractivity (Wildman–Crippen MR) is 175 cm³/mol. The lowest BCUT2D eigenvalue weighted by Gasteiger charge is -2.36. The van der Waals surface area contributed by atoms with Crippen LogP contribution in [0.4, 0.5) is 0 Å². The number of benzene rings is 2. The van der Waals surface area contributed by atoms with Gasteiger partial charge in [0, 0.05) is 22.4 Å². The van der Waals surface area contributed by atoms with E-state index in [0.29, 0.717) is 12.6 Å². The predicted octanol–water partition coefficient (Wildman–Crippen LogP) is 5.87. The van der Waals surface area contributed by atoms with Crippen LogP contribution in [0.1, 0.15) is 74.9 Å². The zero-order valence-electron chi connectivity index (χ0n) is 28.0. The van der Waals surface area contributed by atoms with Crippen molar-refractivity contribution >= 4 is 5.78 Å². The monoisotopic (exact) mass is 632 g/mol. The SMILES string of the molecule is C.COC1=C[C@]23CCCN2CCc2cc4c(cc2[C@@H]3C1=O)OCO4.Cc1cc2oc1Cc1cc3c(cc1CCNCCC2)OCO3.[2H][2H]. The Balaban J connectivity index is 0.000000156. The quantitative estimate of drug-likeness (QED) is 0.354. The minimum Gasteiger partial charge on any atom is -0.493 e. The van der Waals surface area contributed by atoms with E-state index in [0.717, 1.165) is 111 Å². The summed E-state index contributed by atoms with van der Waals surface area (Å²) in [5.41, 5.74) is 5.90. The third-order valence-electron chi connectivity index (χ3n) is 10.3. The van der Waals surface area contributed by atoms with Gasteiger partial charge in [-0.05, 0) is 123 Å². The van der Waals surface area contributed by atoms with Gasteiger partial charge in [0.1, 0.15) is 11.5 Å². The molecule has 6 heterocycles. The number of nitrogens with zero attached hydrogens (tertiary/aromatic N) is 1. The van der Waals surface area contributed by atoms with Gasteiger partial charge in [0.25, 0.3) is 0 Å². The first kappa shape index (κ1) is 29.5. The maximum Gasteiger partial charge on any atom is 0.231 e. The molecule has 2 atom stereocenters. The number of ketones is 1. The summed E-state index contributed by atoms with van der Waals surface area (Å²) in [4.78, 5) is 15.5. The number of hydrogen-bond acceptors (Lipinski definition) is 9. The molecule has 0 amide bonds. The lowest BCUT2D eigenvalue weighted by Crippen LogP contribution is -2.46. The number of methoxy groups -OCH3 is 1. The summed E-state index contributed by atoms with van der Waals surface area (Å²) < 4.78 is 43.6. The highest BCUT2D eigenvalue weighted by Crippen LogP contribution is 2.53. The molecule has 0 unspecified atom stereocenters. The van der Waals surface area contributed by atoms with E-state index in [2.05, 4.69) is 47.5 Å². The fourth-order valence-corrected chi connectivity index (χ4v) is 8.01. The van der Waals surface area contributed by atoms with E-state index in [-0.39, 0.29) is 31.5 Å². The van der Waals surface area contributed by atoms with Crippen LogP contribution in [-0.2, 0) is 35.2 Å². The second-order valence-corrected chi connectivity index (χ2v) is 12.8. The van der Waals surface area contributed by atoms with Crippen LogP contribution in [0.3, 0.4) is 0 Å². The molecule has 2 aromatic carbocycles. The third kappa shape index (κ3) is 5.23. The van der Waals surface area contributed by atoms with Crippen LogP contribution in [0, 0.1) is 6.92 Å². The first-order chi connectivity index (χ1) is 23.0. The average Bonchev–Trinajstić information content (AvgIpc) is 3.91. The number of rotatable bonds is 1. The zero-order valence-corrected chi connectivity index (χ0v) is 26.0. The number of hydrogen-bond donors (Lipinski definition) is 1. The standard InChI is InChI=1S/C18H19NO4.C18H21NO3.CH4.H2/c1-21-15-9-18-4-2-5-19(18)6-3-11-7-13-14(23-10-22-13)8-12(11)16(18)17(15)20;1-12-7-15-3-2-5-19-6-4-13-8-17-18(21-11-20-17)10-14(13)9-16(12)22-15;;/h7-9,16H,2-6,10H2,1H3;7-8,10,19H,2-6,9,11H2,1H3;1H4;1H/t16-,18+;;;/m1.../s1/i;;;1+1D. The number of fused-ring (bicyclic) bond motifs is 7. The number of nitrogens with one attached hydrogen (secondary N) is 1. The Hall–Kier alpha value is -3.95. The number of allylic oxidation sites excluding steroid dienone is 1. The Labute approximate surface area is 273 Å². The molecule has 1 N–H and O–H groups in total. The minimum atomic E-state index is -0.221. The lowest BCUT2D eigenvalue weighted by atomic mass is 9.78. The highest BCUT2D eigenvalue weighted by atomic mass is 16.7. The minimum absolute atomic E-state index is 0. The molecule has 1 aliphatic carbocycles. The van der Waals surface area contributed by atoms with E-state index in [1.165, 1.54) is 22.3 Å². The van der Waals surface area contributed by atoms with Gasteiger partial charge in [-0.1, -0.05) is 7.43 Å². The Morgan fingerprint density at radius 1 is 0.891 bits per heavy atom. The summed E-state index contributed by atoms with van der Waals surface area (Å²) in [6, 6.07) is 10.5. The van der Waals surface area contributed by atoms with Gasteiger partial charge in [-0.25, -0.2) is 0 Å². The largest absolute Gasteiger partial charge is 0.493 e. The first-order valence-corrected chi connectivity index (χ1v) is 16.2. The van der Waals surface area contributed by atoms with Crippen molar-refractivity contribution in [2.75, 3.05) is 46.9 Å². The average molecular weight is 633 g/mol. The molecule has 0 saturated carbocycles. The number of ether oxygens (including phenoxy) is 5. The summed E-state index contributed by atoms with van der Waals surface area (Å²) in [5, 5.41) is 3.51. The van der Waals surface area contributed by atoms with Gasteiger partial charge < -0.3 is 33.4 Å². The van der Waals surface area contributed by atoms with Crippen molar-refractivity contribution in [3.8, 4) is 23.0 Å². The van der Waals surface area contributed by atoms with Crippen molar-refractivity contribution in [3.05, 3.63) is 81.5 Å². The van der Waals surface area contributed by atoms with Crippen LogP contribution < -0.4 is 24.3 Å². The smallest absolute Gasteiger partial charge is 0.231 e. The Morgan fingerprint density at radius 2 is 1.61 bits per heavy atom. The lowest BCUT2D eigenvalue weighted by molar-refractivity contribution is -0.120. The molecule has 3 aromatic rings. The molecule has 9 heteroatoms. The number of Topliss-reactive ketones (excluding diaryl/α,β-unsaturated/α-hetero) is 1. The van der Waals surface area contributed by atoms with Crippen LogP contribution in [0.25, 0.3) is 0 Å². The fourth-order valence-electron chi connectivity index (χ4n) is 8.01. The first-order valence-electron chi connectivity index (χ1n) is 17.2. The maximum atomic E-state index is 13.0. The van der Waals surface area contributed by atoms with E-state index >= 15 is 0 Å². The Kier molecular flexibility index (Phi) is 7.90. The number of carbonyl (C=O) groups is 1. The third-order valence-corrected chi connectivity index (χ3v) is 10.3. The van der Waals surface area contributed by atoms with Crippen molar-refractivity contribution < 1.29 is 35.9 Å². The van der Waals surface area contributed by atoms with E-state index in [9.17, 15) is 4.79 Å². The molecule has 246 valence electrons. The van der Waals surface area contributed by atoms with E-state index in [1.807, 2.05) is 6.07 Å². The van der Waals surface area contributed by atoms with Crippen molar-refractivity contribution in [3.63, 3.8) is 0 Å². The van der Waals surface area contributed by atoms with Gasteiger partial charge in [0.05, 0.1) is 18.6 Å². The molecule has 2 bridgehead atoms. The molecule has 1 fully saturated rings. The van der Waals surface area contributed by atoms with E-state index in [4.69, 9.17) is 31.1 Å². The molecule has 6 aliphatic rings. The molecular weight excluding hydrogens is 584 g/mol. The summed E-state index contributed by atoms with van der Waals surface area (Å²) >= 11 is 0. The molecule has 1 saturated heterocycles. The molecular formula is C37H46N2O7.